The predicted molar refractivity (Wildman–Crippen MR) is 86.9 cm³/mol. The number of hydrogen-bond acceptors (Lipinski definition) is 3. The van der Waals surface area contributed by atoms with Crippen LogP contribution in [0.4, 0.5) is 5.69 Å². The van der Waals surface area contributed by atoms with Crippen molar-refractivity contribution < 1.29 is 0 Å². The van der Waals surface area contributed by atoms with Gasteiger partial charge < -0.3 is 10.2 Å². The number of anilines is 1. The number of pyridine rings is 1. The maximum atomic E-state index is 5.50. The summed E-state index contributed by atoms with van der Waals surface area (Å²) < 4.78 is 0. The number of rotatable bonds is 8. The lowest BCUT2D eigenvalue weighted by atomic mass is 10.1. The fraction of sp³-hybridized carbons (Fsp3) is 0.588. The third-order valence-electron chi connectivity index (χ3n) is 3.08. The lowest BCUT2D eigenvalue weighted by Crippen LogP contribution is -2.27. The van der Waals surface area contributed by atoms with E-state index in [1.54, 1.807) is 0 Å². The van der Waals surface area contributed by atoms with Crippen LogP contribution in [-0.2, 0) is 6.54 Å². The number of terminal acetylenes is 1. The van der Waals surface area contributed by atoms with Crippen molar-refractivity contribution in [2.24, 2.45) is 5.92 Å². The highest BCUT2D eigenvalue weighted by molar-refractivity contribution is 5.54. The first-order valence-electron chi connectivity index (χ1n) is 7.43. The van der Waals surface area contributed by atoms with Gasteiger partial charge in [0.05, 0.1) is 6.54 Å². The van der Waals surface area contributed by atoms with E-state index in [2.05, 4.69) is 48.0 Å². The van der Waals surface area contributed by atoms with Gasteiger partial charge in [-0.05, 0) is 31.9 Å². The number of aryl methyl sites for hydroxylation is 1. The highest BCUT2D eigenvalue weighted by Gasteiger charge is 2.11. The molecule has 1 heterocycles. The minimum absolute atomic E-state index is 0.647. The second-order valence-corrected chi connectivity index (χ2v) is 5.60. The molecule has 0 aromatic carbocycles. The molecule has 3 heteroatoms. The zero-order chi connectivity index (χ0) is 15.0. The topological polar surface area (TPSA) is 28.2 Å². The van der Waals surface area contributed by atoms with Gasteiger partial charge in [-0.25, -0.2) is 0 Å². The molecule has 0 bridgehead atoms. The second-order valence-electron chi connectivity index (χ2n) is 5.60. The van der Waals surface area contributed by atoms with Crippen LogP contribution >= 0.6 is 0 Å². The van der Waals surface area contributed by atoms with Crippen molar-refractivity contribution in [3.05, 3.63) is 23.5 Å². The highest BCUT2D eigenvalue weighted by Crippen LogP contribution is 2.21. The Hall–Kier alpha value is -1.53. The van der Waals surface area contributed by atoms with Crippen molar-refractivity contribution in [1.29, 1.82) is 0 Å². The first-order chi connectivity index (χ1) is 9.58. The largest absolute Gasteiger partial charge is 0.360 e. The van der Waals surface area contributed by atoms with Gasteiger partial charge in [0.25, 0.3) is 0 Å². The summed E-state index contributed by atoms with van der Waals surface area (Å²) in [5.74, 6) is 3.40. The third-order valence-corrected chi connectivity index (χ3v) is 3.08. The van der Waals surface area contributed by atoms with Gasteiger partial charge in [0.15, 0.2) is 0 Å². The summed E-state index contributed by atoms with van der Waals surface area (Å²) in [5.41, 5.74) is 3.47. The quantitative estimate of drug-likeness (QED) is 0.738. The zero-order valence-corrected chi connectivity index (χ0v) is 13.2. The molecule has 0 saturated heterocycles. The van der Waals surface area contributed by atoms with Crippen LogP contribution in [-0.4, -0.2) is 24.6 Å². The summed E-state index contributed by atoms with van der Waals surface area (Å²) in [5, 5.41) is 3.48. The van der Waals surface area contributed by atoms with Crippen LogP contribution in [0.2, 0.25) is 0 Å². The lowest BCUT2D eigenvalue weighted by molar-refractivity contribution is 0.551. The molecular formula is C17H27N3. The van der Waals surface area contributed by atoms with E-state index in [-0.39, 0.29) is 0 Å². The van der Waals surface area contributed by atoms with E-state index in [9.17, 15) is 0 Å². The van der Waals surface area contributed by atoms with E-state index in [0.717, 1.165) is 31.7 Å². The molecule has 110 valence electrons. The number of hydrogen-bond donors (Lipinski definition) is 1. The van der Waals surface area contributed by atoms with Gasteiger partial charge in [0.2, 0.25) is 0 Å². The normalized spacial score (nSPS) is 10.6. The van der Waals surface area contributed by atoms with Crippen LogP contribution < -0.4 is 10.2 Å². The Morgan fingerprint density at radius 1 is 1.45 bits per heavy atom. The Labute approximate surface area is 123 Å². The van der Waals surface area contributed by atoms with Crippen molar-refractivity contribution in [2.45, 2.75) is 40.7 Å². The number of aromatic nitrogens is 1. The van der Waals surface area contributed by atoms with Gasteiger partial charge in [-0.15, -0.1) is 6.42 Å². The number of nitrogens with zero attached hydrogens (tertiary/aromatic N) is 2. The van der Waals surface area contributed by atoms with Crippen molar-refractivity contribution >= 4 is 5.69 Å². The fourth-order valence-electron chi connectivity index (χ4n) is 2.16. The molecule has 0 aliphatic heterocycles. The maximum Gasteiger partial charge on any atom is 0.0791 e. The molecule has 0 unspecified atom stereocenters. The van der Waals surface area contributed by atoms with Crippen LogP contribution in [0.15, 0.2) is 12.3 Å². The summed E-state index contributed by atoms with van der Waals surface area (Å²) in [6.07, 6.45) is 8.56. The van der Waals surface area contributed by atoms with Crippen LogP contribution in [0, 0.1) is 25.2 Å². The zero-order valence-electron chi connectivity index (χ0n) is 13.2. The minimum Gasteiger partial charge on any atom is -0.360 e. The first-order valence-corrected chi connectivity index (χ1v) is 7.43. The predicted octanol–water partition coefficient (Wildman–Crippen LogP) is 2.99. The van der Waals surface area contributed by atoms with E-state index < -0.39 is 0 Å². The van der Waals surface area contributed by atoms with Crippen LogP contribution in [0.1, 0.15) is 38.4 Å². The molecule has 0 aliphatic carbocycles. The molecule has 0 radical (unpaired) electrons. The van der Waals surface area contributed by atoms with Gasteiger partial charge in [-0.1, -0.05) is 26.7 Å². The molecule has 0 aliphatic rings. The van der Waals surface area contributed by atoms with E-state index >= 15 is 0 Å². The summed E-state index contributed by atoms with van der Waals surface area (Å²) in [6.45, 7) is 12.1. The van der Waals surface area contributed by atoms with E-state index in [1.165, 1.54) is 11.3 Å². The van der Waals surface area contributed by atoms with Crippen molar-refractivity contribution in [2.75, 3.05) is 24.5 Å². The molecule has 1 aromatic rings. The summed E-state index contributed by atoms with van der Waals surface area (Å²) in [7, 11) is 0. The molecule has 1 N–H and O–H groups in total. The van der Waals surface area contributed by atoms with Gasteiger partial charge in [0, 0.05) is 36.2 Å². The number of nitrogens with one attached hydrogen (secondary N) is 1. The molecule has 20 heavy (non-hydrogen) atoms. The average molecular weight is 273 g/mol. The van der Waals surface area contributed by atoms with Gasteiger partial charge in [-0.3, -0.25) is 4.98 Å². The molecule has 3 nitrogen and oxygen atoms in total. The Kier molecular flexibility index (Phi) is 7.11. The van der Waals surface area contributed by atoms with Crippen molar-refractivity contribution in [3.8, 4) is 12.3 Å². The Morgan fingerprint density at radius 3 is 2.80 bits per heavy atom. The van der Waals surface area contributed by atoms with Crippen molar-refractivity contribution in [3.63, 3.8) is 0 Å². The fourth-order valence-corrected chi connectivity index (χ4v) is 2.16. The Bertz CT molecular complexity index is 446. The van der Waals surface area contributed by atoms with E-state index in [4.69, 9.17) is 6.42 Å². The maximum absolute atomic E-state index is 5.50. The molecule has 0 atom stereocenters. The molecular weight excluding hydrogens is 246 g/mol. The lowest BCUT2D eigenvalue weighted by Gasteiger charge is -2.25. The third kappa shape index (κ3) is 5.22. The van der Waals surface area contributed by atoms with Crippen molar-refractivity contribution in [1.82, 2.24) is 10.3 Å². The highest BCUT2D eigenvalue weighted by atomic mass is 15.1. The van der Waals surface area contributed by atoms with Crippen LogP contribution in [0.25, 0.3) is 0 Å². The first kappa shape index (κ1) is 16.5. The minimum atomic E-state index is 0.647. The average Bonchev–Trinajstić information content (AvgIpc) is 2.40. The van der Waals surface area contributed by atoms with Crippen LogP contribution in [0.3, 0.4) is 0 Å². The van der Waals surface area contributed by atoms with Gasteiger partial charge in [0.1, 0.15) is 0 Å². The second kappa shape index (κ2) is 8.60. The van der Waals surface area contributed by atoms with E-state index in [0.29, 0.717) is 12.5 Å². The molecule has 0 amide bonds. The summed E-state index contributed by atoms with van der Waals surface area (Å²) in [4.78, 5) is 6.69. The standard InChI is InChI=1S/C17H27N3/c1-6-8-20(9-7-2)17-10-15(5)19-13-16(17)12-18-11-14(3)4/h1,10,13-14,18H,7-9,11-12H2,2-5H3. The monoisotopic (exact) mass is 273 g/mol. The molecule has 0 fully saturated rings. The Morgan fingerprint density at radius 2 is 2.20 bits per heavy atom. The summed E-state index contributed by atoms with van der Waals surface area (Å²) in [6, 6.07) is 2.14. The Balaban J connectivity index is 2.90. The van der Waals surface area contributed by atoms with Crippen LogP contribution in [0.5, 0.6) is 0 Å². The molecule has 0 spiro atoms. The molecule has 1 rings (SSSR count). The molecule has 1 aromatic heterocycles. The molecule has 0 saturated carbocycles. The van der Waals surface area contributed by atoms with Gasteiger partial charge >= 0.3 is 0 Å². The summed E-state index contributed by atoms with van der Waals surface area (Å²) >= 11 is 0. The SMILES string of the molecule is C#CCN(CCC)c1cc(C)ncc1CNCC(C)C. The van der Waals surface area contributed by atoms with Gasteiger partial charge in [-0.2, -0.15) is 0 Å². The smallest absolute Gasteiger partial charge is 0.0791 e. The van der Waals surface area contributed by atoms with E-state index in [1.807, 2.05) is 13.1 Å².